The molecule has 2 fully saturated rings. The predicted octanol–water partition coefficient (Wildman–Crippen LogP) is 9.71. The molecule has 76 heavy (non-hydrogen) atoms. The molecule has 0 N–H and O–H groups in total. The highest BCUT2D eigenvalue weighted by atomic mass is 19.1. The highest BCUT2D eigenvalue weighted by Crippen LogP contribution is 2.35. The van der Waals surface area contributed by atoms with Crippen molar-refractivity contribution in [1.82, 2.24) is 0 Å². The van der Waals surface area contributed by atoms with Crippen molar-refractivity contribution in [2.24, 2.45) is 0 Å². The zero-order valence-electron chi connectivity index (χ0n) is 41.1. The van der Waals surface area contributed by atoms with E-state index in [1.165, 1.54) is 36.4 Å². The number of carbonyl (C=O) groups excluding carboxylic acids is 4. The summed E-state index contributed by atoms with van der Waals surface area (Å²) in [7, 11) is 0. The second-order valence-corrected chi connectivity index (χ2v) is 17.9. The van der Waals surface area contributed by atoms with E-state index in [-0.39, 0.29) is 42.1 Å². The number of ether oxygens (including phenoxy) is 10. The average Bonchev–Trinajstić information content (AvgIpc) is 3.50. The number of benzene rings is 7. The number of alkyl halides is 1. The lowest BCUT2D eigenvalue weighted by Gasteiger charge is -2.46. The number of carbonyl (C=O) groups is 4. The summed E-state index contributed by atoms with van der Waals surface area (Å²) < 4.78 is 80.5. The minimum absolute atomic E-state index is 0.0206. The van der Waals surface area contributed by atoms with Crippen molar-refractivity contribution >= 4 is 23.9 Å². The smallest absolute Gasteiger partial charge is 0.338 e. The van der Waals surface area contributed by atoms with Crippen LogP contribution in [0.25, 0.3) is 0 Å². The van der Waals surface area contributed by atoms with Crippen LogP contribution in [0.15, 0.2) is 212 Å². The average molecular weight is 1030 g/mol. The Morgan fingerprint density at radius 3 is 1.12 bits per heavy atom. The molecule has 2 aliphatic heterocycles. The van der Waals surface area contributed by atoms with Crippen molar-refractivity contribution in [1.29, 1.82) is 0 Å². The van der Waals surface area contributed by atoms with Gasteiger partial charge in [0.2, 0.25) is 6.36 Å². The second kappa shape index (κ2) is 26.5. The molecule has 0 aliphatic carbocycles. The summed E-state index contributed by atoms with van der Waals surface area (Å²) in [6.07, 6.45) is -15.1. The lowest BCUT2D eigenvalue weighted by molar-refractivity contribution is -0.327. The molecule has 0 radical (unpaired) electrons. The normalized spacial score (nSPS) is 23.1. The van der Waals surface area contributed by atoms with Gasteiger partial charge in [-0.2, -0.15) is 0 Å². The summed E-state index contributed by atoms with van der Waals surface area (Å²) in [4.78, 5) is 56.1. The summed E-state index contributed by atoms with van der Waals surface area (Å²) in [5.74, 6) is -3.40. The van der Waals surface area contributed by atoms with E-state index >= 15 is 4.39 Å². The first-order valence-corrected chi connectivity index (χ1v) is 24.8. The molecule has 2 saturated heterocycles. The van der Waals surface area contributed by atoms with Crippen LogP contribution in [0.4, 0.5) is 4.39 Å². The molecular weight excluding hydrogens is 976 g/mol. The maximum Gasteiger partial charge on any atom is 0.338 e. The molecule has 9 rings (SSSR count). The van der Waals surface area contributed by atoms with Crippen molar-refractivity contribution in [3.05, 3.63) is 251 Å². The van der Waals surface area contributed by atoms with E-state index in [0.29, 0.717) is 0 Å². The van der Waals surface area contributed by atoms with Gasteiger partial charge in [-0.1, -0.05) is 164 Å². The van der Waals surface area contributed by atoms with Gasteiger partial charge in [-0.05, 0) is 65.2 Å². The monoisotopic (exact) mass is 1030 g/mol. The molecule has 0 aromatic heterocycles. The Morgan fingerprint density at radius 2 is 0.684 bits per heavy atom. The predicted molar refractivity (Wildman–Crippen MR) is 273 cm³/mol. The van der Waals surface area contributed by atoms with E-state index in [2.05, 4.69) is 0 Å². The molecule has 0 spiro atoms. The van der Waals surface area contributed by atoms with Gasteiger partial charge in [-0.3, -0.25) is 0 Å². The maximum absolute atomic E-state index is 17.0. The van der Waals surface area contributed by atoms with Crippen molar-refractivity contribution in [3.8, 4) is 0 Å². The third-order valence-corrected chi connectivity index (χ3v) is 12.6. The molecule has 7 aromatic carbocycles. The van der Waals surface area contributed by atoms with Gasteiger partial charge in [0.1, 0.15) is 37.1 Å². The number of rotatable bonds is 21. The van der Waals surface area contributed by atoms with Gasteiger partial charge in [0.05, 0.1) is 48.7 Å². The lowest BCUT2D eigenvalue weighted by Crippen LogP contribution is -2.64. The van der Waals surface area contributed by atoms with E-state index in [0.717, 1.165) is 16.7 Å². The zero-order valence-corrected chi connectivity index (χ0v) is 41.1. The molecule has 0 unspecified atom stereocenters. The van der Waals surface area contributed by atoms with Crippen molar-refractivity contribution in [2.45, 2.75) is 81.3 Å². The van der Waals surface area contributed by atoms with E-state index in [9.17, 15) is 19.2 Å². The van der Waals surface area contributed by atoms with Crippen LogP contribution in [0.2, 0.25) is 0 Å². The van der Waals surface area contributed by atoms with Crippen LogP contribution >= 0.6 is 0 Å². The van der Waals surface area contributed by atoms with Crippen LogP contribution in [-0.4, -0.2) is 98.6 Å². The number of halogens is 1. The SMILES string of the molecule is O=C(OC[C@H]1O[C@@H](OC[C@H]2O[C@@H](F)[C@H](OCc3ccccc3)[C@@H](OCc3ccccc3)[C@@H]2OCc2ccccc2)[C@H](OC(=O)c2ccccc2)[C@@H](OC(=O)c2ccccc2)[C@@H]1OC(=O)c1ccccc1)c1ccccc1. The first-order chi connectivity index (χ1) is 37.3. The number of hydrogen-bond acceptors (Lipinski definition) is 14. The highest BCUT2D eigenvalue weighted by Gasteiger charge is 2.55. The first kappa shape index (κ1) is 53.0. The standard InChI is InChI=1S/C61H55FO14/c62-56-54(69-38-43-26-12-3-13-27-43)52(68-37-42-24-10-2-11-25-42)50(67-36-41-22-8-1-9-23-41)48(72-56)40-71-61-55(76-60(66)47-34-20-7-21-35-47)53(75-59(65)46-32-18-6-19-33-46)51(74-58(64)45-30-16-5-17-31-45)49(73-61)39-70-57(63)44-28-14-4-15-29-44/h1-35,48-56,61H,36-40H2/t48-,49-,50-,51-,52+,53+,54-,55-,56-,61-/m1/s1. The molecule has 0 saturated carbocycles. The lowest BCUT2D eigenvalue weighted by atomic mass is 9.97. The molecule has 2 heterocycles. The van der Waals surface area contributed by atoms with Gasteiger partial charge in [-0.15, -0.1) is 0 Å². The summed E-state index contributed by atoms with van der Waals surface area (Å²) in [5, 5.41) is 0. The summed E-state index contributed by atoms with van der Waals surface area (Å²) >= 11 is 0. The minimum Gasteiger partial charge on any atom is -0.459 e. The Kier molecular flexibility index (Phi) is 18.5. The van der Waals surface area contributed by atoms with Crippen LogP contribution < -0.4 is 0 Å². The van der Waals surface area contributed by atoms with E-state index < -0.39 is 98.6 Å². The minimum atomic E-state index is -2.10. The van der Waals surface area contributed by atoms with Gasteiger partial charge in [-0.25, -0.2) is 23.6 Å². The Balaban J connectivity index is 1.09. The Bertz CT molecular complexity index is 2910. The molecule has 15 heteroatoms. The van der Waals surface area contributed by atoms with E-state index in [4.69, 9.17) is 47.4 Å². The number of hydrogen-bond donors (Lipinski definition) is 0. The van der Waals surface area contributed by atoms with Crippen molar-refractivity contribution in [3.63, 3.8) is 0 Å². The maximum atomic E-state index is 17.0. The molecule has 10 atom stereocenters. The van der Waals surface area contributed by atoms with Gasteiger partial charge in [0, 0.05) is 0 Å². The molecular formula is C61H55FO14. The van der Waals surface area contributed by atoms with Gasteiger partial charge in [0.15, 0.2) is 24.6 Å². The van der Waals surface area contributed by atoms with Crippen LogP contribution in [0, 0.1) is 0 Å². The van der Waals surface area contributed by atoms with E-state index in [1.807, 2.05) is 91.0 Å². The van der Waals surface area contributed by atoms with Gasteiger partial charge < -0.3 is 47.4 Å². The topological polar surface area (TPSA) is 161 Å². The van der Waals surface area contributed by atoms with Crippen molar-refractivity contribution in [2.75, 3.05) is 13.2 Å². The molecule has 2 aliphatic rings. The van der Waals surface area contributed by atoms with Crippen LogP contribution in [0.5, 0.6) is 0 Å². The summed E-state index contributed by atoms with van der Waals surface area (Å²) in [6, 6.07) is 60.2. The third kappa shape index (κ3) is 14.1. The zero-order chi connectivity index (χ0) is 52.5. The van der Waals surface area contributed by atoms with Crippen LogP contribution in [0.1, 0.15) is 58.1 Å². The fourth-order valence-corrected chi connectivity index (χ4v) is 8.72. The fourth-order valence-electron chi connectivity index (χ4n) is 8.72. The van der Waals surface area contributed by atoms with E-state index in [1.54, 1.807) is 84.9 Å². The fraction of sp³-hybridized carbons (Fsp3) is 0.246. The third-order valence-electron chi connectivity index (χ3n) is 12.6. The van der Waals surface area contributed by atoms with Crippen LogP contribution in [-0.2, 0) is 67.2 Å². The van der Waals surface area contributed by atoms with Gasteiger partial charge >= 0.3 is 23.9 Å². The molecule has 0 bridgehead atoms. The molecule has 7 aromatic rings. The first-order valence-electron chi connectivity index (χ1n) is 24.8. The Labute approximate surface area is 439 Å². The van der Waals surface area contributed by atoms with Gasteiger partial charge in [0.25, 0.3) is 0 Å². The van der Waals surface area contributed by atoms with Crippen molar-refractivity contribution < 1.29 is 70.9 Å². The number of esters is 4. The second-order valence-electron chi connectivity index (χ2n) is 17.9. The summed E-state index contributed by atoms with van der Waals surface area (Å²) in [5.41, 5.74) is 2.93. The molecule has 0 amide bonds. The molecule has 390 valence electrons. The largest absolute Gasteiger partial charge is 0.459 e. The molecule has 14 nitrogen and oxygen atoms in total. The van der Waals surface area contributed by atoms with Crippen LogP contribution in [0.3, 0.4) is 0 Å². The Morgan fingerprint density at radius 1 is 0.342 bits per heavy atom. The highest BCUT2D eigenvalue weighted by molar-refractivity contribution is 5.91. The Hall–Kier alpha value is -7.89. The quantitative estimate of drug-likeness (QED) is 0.0494. The summed E-state index contributed by atoms with van der Waals surface area (Å²) in [6.45, 7) is -1.01.